The summed E-state index contributed by atoms with van der Waals surface area (Å²) in [6.45, 7) is 8.33. The zero-order valence-electron chi connectivity index (χ0n) is 14.3. The number of furan rings is 1. The second-order valence-corrected chi connectivity index (χ2v) is 6.98. The molecule has 3 heterocycles. The van der Waals surface area contributed by atoms with E-state index in [0.717, 1.165) is 38.4 Å². The third-order valence-electron chi connectivity index (χ3n) is 5.36. The summed E-state index contributed by atoms with van der Waals surface area (Å²) in [6.07, 6.45) is 5.34. The molecule has 2 aliphatic rings. The lowest BCUT2D eigenvalue weighted by Crippen LogP contribution is -2.34. The van der Waals surface area contributed by atoms with Gasteiger partial charge in [0.25, 0.3) is 5.91 Å². The van der Waals surface area contributed by atoms with Crippen LogP contribution in [0.3, 0.4) is 0 Å². The molecule has 1 saturated heterocycles. The van der Waals surface area contributed by atoms with Crippen molar-refractivity contribution in [2.45, 2.75) is 6.54 Å². The van der Waals surface area contributed by atoms with Crippen LogP contribution in [0.2, 0.25) is 0 Å². The third kappa shape index (κ3) is 3.37. The Labute approximate surface area is 147 Å². The number of carbonyl (C=O) groups is 1. The van der Waals surface area contributed by atoms with Crippen LogP contribution in [0.4, 0.5) is 0 Å². The van der Waals surface area contributed by atoms with Gasteiger partial charge in [-0.1, -0.05) is 12.1 Å². The van der Waals surface area contributed by atoms with Crippen LogP contribution in [0.1, 0.15) is 16.2 Å². The Morgan fingerprint density at radius 3 is 2.80 bits per heavy atom. The predicted molar refractivity (Wildman–Crippen MR) is 94.8 cm³/mol. The Hall–Kier alpha value is -2.40. The summed E-state index contributed by atoms with van der Waals surface area (Å²) in [7, 11) is 0. The number of hydrogen-bond donors (Lipinski definition) is 0. The van der Waals surface area contributed by atoms with Gasteiger partial charge in [-0.3, -0.25) is 14.7 Å². The van der Waals surface area contributed by atoms with Gasteiger partial charge in [0, 0.05) is 38.9 Å². The number of piperidine rings is 1. The highest BCUT2D eigenvalue weighted by Gasteiger charge is 2.56. The van der Waals surface area contributed by atoms with E-state index in [4.69, 9.17) is 4.42 Å². The molecule has 4 rings (SSSR count). The molecule has 5 nitrogen and oxygen atoms in total. The minimum absolute atomic E-state index is 0.0207. The summed E-state index contributed by atoms with van der Waals surface area (Å²) in [6, 6.07) is 9.53. The van der Waals surface area contributed by atoms with Gasteiger partial charge in [-0.05, 0) is 42.0 Å². The van der Waals surface area contributed by atoms with Gasteiger partial charge >= 0.3 is 0 Å². The van der Waals surface area contributed by atoms with Crippen LogP contribution in [-0.2, 0) is 6.54 Å². The third-order valence-corrected chi connectivity index (χ3v) is 5.36. The quantitative estimate of drug-likeness (QED) is 0.729. The average Bonchev–Trinajstić information content (AvgIpc) is 3.08. The number of hydrogen-bond acceptors (Lipinski definition) is 4. The van der Waals surface area contributed by atoms with Crippen molar-refractivity contribution in [2.75, 3.05) is 26.2 Å². The van der Waals surface area contributed by atoms with Crippen molar-refractivity contribution in [1.29, 1.82) is 0 Å². The molecule has 0 N–H and O–H groups in total. The van der Waals surface area contributed by atoms with Gasteiger partial charge in [-0.15, -0.1) is 6.58 Å². The van der Waals surface area contributed by atoms with Crippen molar-refractivity contribution < 1.29 is 9.21 Å². The maximum absolute atomic E-state index is 12.3. The summed E-state index contributed by atoms with van der Waals surface area (Å²) in [5.74, 6) is 2.38. The highest BCUT2D eigenvalue weighted by Crippen LogP contribution is 2.52. The average molecular weight is 337 g/mol. The van der Waals surface area contributed by atoms with E-state index in [9.17, 15) is 4.79 Å². The van der Waals surface area contributed by atoms with Crippen LogP contribution in [-0.4, -0.2) is 46.9 Å². The monoisotopic (exact) mass is 337 g/mol. The van der Waals surface area contributed by atoms with Gasteiger partial charge in [0.05, 0.1) is 12.0 Å². The van der Waals surface area contributed by atoms with Crippen LogP contribution >= 0.6 is 0 Å². The molecule has 25 heavy (non-hydrogen) atoms. The lowest BCUT2D eigenvalue weighted by Gasteiger charge is -2.23. The second-order valence-electron chi connectivity index (χ2n) is 6.98. The van der Waals surface area contributed by atoms with Crippen LogP contribution in [0.25, 0.3) is 0 Å². The Bertz CT molecular complexity index is 717. The number of rotatable bonds is 7. The first-order valence-electron chi connectivity index (χ1n) is 8.82. The summed E-state index contributed by atoms with van der Waals surface area (Å²) in [5.41, 5.74) is 1.09. The lowest BCUT2D eigenvalue weighted by atomic mass is 10.2. The molecule has 5 heteroatoms. The highest BCUT2D eigenvalue weighted by atomic mass is 16.3. The minimum Gasteiger partial charge on any atom is -0.459 e. The molecular weight excluding hydrogens is 314 g/mol. The zero-order valence-corrected chi connectivity index (χ0v) is 14.3. The molecule has 0 spiro atoms. The number of amides is 1. The van der Waals surface area contributed by atoms with Gasteiger partial charge < -0.3 is 9.32 Å². The zero-order chi connectivity index (χ0) is 17.2. The van der Waals surface area contributed by atoms with Crippen molar-refractivity contribution in [1.82, 2.24) is 14.8 Å². The maximum Gasteiger partial charge on any atom is 0.289 e. The van der Waals surface area contributed by atoms with E-state index in [0.29, 0.717) is 23.5 Å². The smallest absolute Gasteiger partial charge is 0.289 e. The second kappa shape index (κ2) is 6.84. The molecule has 2 aromatic heterocycles. The first-order chi connectivity index (χ1) is 12.3. The molecule has 1 aliphatic carbocycles. The van der Waals surface area contributed by atoms with Gasteiger partial charge in [0.15, 0.2) is 5.76 Å². The van der Waals surface area contributed by atoms with Crippen LogP contribution in [0.15, 0.2) is 59.9 Å². The summed E-state index contributed by atoms with van der Waals surface area (Å²) < 4.78 is 5.23. The first kappa shape index (κ1) is 16.1. The number of aromatic nitrogens is 1. The summed E-state index contributed by atoms with van der Waals surface area (Å²) >= 11 is 0. The fourth-order valence-electron chi connectivity index (χ4n) is 4.05. The van der Waals surface area contributed by atoms with E-state index in [1.54, 1.807) is 18.4 Å². The Balaban J connectivity index is 1.31. The van der Waals surface area contributed by atoms with E-state index in [2.05, 4.69) is 22.5 Å². The van der Waals surface area contributed by atoms with Crippen molar-refractivity contribution >= 4 is 5.91 Å². The van der Waals surface area contributed by atoms with E-state index in [1.165, 1.54) is 0 Å². The van der Waals surface area contributed by atoms with Crippen LogP contribution in [0, 0.1) is 17.8 Å². The number of pyridine rings is 1. The summed E-state index contributed by atoms with van der Waals surface area (Å²) in [4.78, 5) is 21.1. The highest BCUT2D eigenvalue weighted by molar-refractivity contribution is 5.91. The van der Waals surface area contributed by atoms with Gasteiger partial charge in [-0.2, -0.15) is 0 Å². The number of fused-ring (bicyclic) bond motifs is 1. The normalized spacial score (nSPS) is 24.4. The topological polar surface area (TPSA) is 49.6 Å². The molecular formula is C20H23N3O2. The molecule has 2 atom stereocenters. The van der Waals surface area contributed by atoms with Crippen molar-refractivity contribution in [2.24, 2.45) is 17.8 Å². The number of nitrogens with zero attached hydrogens (tertiary/aromatic N) is 3. The predicted octanol–water partition coefficient (Wildman–Crippen LogP) is 2.68. The van der Waals surface area contributed by atoms with Gasteiger partial charge in [0.2, 0.25) is 0 Å². The van der Waals surface area contributed by atoms with Crippen molar-refractivity contribution in [3.63, 3.8) is 0 Å². The molecule has 0 radical (unpaired) electrons. The Morgan fingerprint density at radius 2 is 2.16 bits per heavy atom. The maximum atomic E-state index is 12.3. The molecule has 0 aromatic carbocycles. The lowest BCUT2D eigenvalue weighted by molar-refractivity contribution is 0.0731. The Kier molecular flexibility index (Phi) is 4.40. The standard InChI is InChI=1S/C20H23N3O2/c1-2-9-22(11-15-6-3-4-8-21-15)12-16-17-13-23(14-18(16)17)20(24)19-7-5-10-25-19/h2-8,10,16-18H,1,9,11-14H2. The van der Waals surface area contributed by atoms with Crippen molar-refractivity contribution in [3.8, 4) is 0 Å². The van der Waals surface area contributed by atoms with E-state index >= 15 is 0 Å². The molecule has 2 aromatic rings. The fourth-order valence-corrected chi connectivity index (χ4v) is 4.05. The van der Waals surface area contributed by atoms with Crippen LogP contribution in [0.5, 0.6) is 0 Å². The minimum atomic E-state index is 0.0207. The van der Waals surface area contributed by atoms with E-state index in [-0.39, 0.29) is 5.91 Å². The number of likely N-dealkylation sites (tertiary alicyclic amines) is 1. The molecule has 130 valence electrons. The first-order valence-corrected chi connectivity index (χ1v) is 8.82. The summed E-state index contributed by atoms with van der Waals surface area (Å²) in [5, 5.41) is 0. The van der Waals surface area contributed by atoms with E-state index < -0.39 is 0 Å². The molecule has 1 aliphatic heterocycles. The molecule has 0 bridgehead atoms. The largest absolute Gasteiger partial charge is 0.459 e. The van der Waals surface area contributed by atoms with Crippen molar-refractivity contribution in [3.05, 3.63) is 66.9 Å². The van der Waals surface area contributed by atoms with Gasteiger partial charge in [-0.25, -0.2) is 0 Å². The SMILES string of the molecule is C=CCN(Cc1ccccn1)CC1C2CN(C(=O)c3ccco3)CC12. The van der Waals surface area contributed by atoms with Gasteiger partial charge in [0.1, 0.15) is 0 Å². The number of carbonyl (C=O) groups excluding carboxylic acids is 1. The molecule has 2 unspecified atom stereocenters. The molecule has 1 amide bonds. The molecule has 1 saturated carbocycles. The fraction of sp³-hybridized carbons (Fsp3) is 0.400. The molecule has 2 fully saturated rings. The Morgan fingerprint density at radius 1 is 1.32 bits per heavy atom. The van der Waals surface area contributed by atoms with E-state index in [1.807, 2.05) is 29.3 Å². The van der Waals surface area contributed by atoms with Crippen LogP contribution < -0.4 is 0 Å².